The summed E-state index contributed by atoms with van der Waals surface area (Å²) in [4.78, 5) is 19.6. The highest BCUT2D eigenvalue weighted by atomic mass is 16.5. The molecule has 0 N–H and O–H groups in total. The maximum atomic E-state index is 10.5. The molecule has 0 saturated heterocycles. The lowest BCUT2D eigenvalue weighted by atomic mass is 10.2. The van der Waals surface area contributed by atoms with Crippen LogP contribution in [0.3, 0.4) is 0 Å². The number of hydrogen-bond donors (Lipinski definition) is 0. The topological polar surface area (TPSA) is 43.4 Å². The van der Waals surface area contributed by atoms with Gasteiger partial charge in [-0.15, -0.1) is 0 Å². The van der Waals surface area contributed by atoms with Crippen LogP contribution >= 0.6 is 0 Å². The fourth-order valence-electron chi connectivity index (χ4n) is 1.38. The van der Waals surface area contributed by atoms with E-state index in [1.165, 1.54) is 0 Å². The molecule has 0 aliphatic heterocycles. The van der Waals surface area contributed by atoms with E-state index in [4.69, 9.17) is 4.74 Å². The SMILES string of the molecule is CCC=O.O=Cc1ccc(OCc2ccccc2)cc1. The van der Waals surface area contributed by atoms with Crippen molar-refractivity contribution < 1.29 is 14.3 Å². The molecule has 0 bridgehead atoms. The van der Waals surface area contributed by atoms with E-state index in [9.17, 15) is 9.59 Å². The Bertz CT molecular complexity index is 504. The van der Waals surface area contributed by atoms with Crippen molar-refractivity contribution in [2.75, 3.05) is 0 Å². The van der Waals surface area contributed by atoms with Gasteiger partial charge in [0.15, 0.2) is 0 Å². The Morgan fingerprint density at radius 2 is 1.55 bits per heavy atom. The second-order valence-electron chi connectivity index (χ2n) is 4.04. The molecule has 0 radical (unpaired) electrons. The van der Waals surface area contributed by atoms with Crippen LogP contribution in [0.15, 0.2) is 54.6 Å². The largest absolute Gasteiger partial charge is 0.489 e. The van der Waals surface area contributed by atoms with Crippen LogP contribution in [0, 0.1) is 0 Å². The van der Waals surface area contributed by atoms with Gasteiger partial charge in [0, 0.05) is 12.0 Å². The smallest absolute Gasteiger partial charge is 0.150 e. The van der Waals surface area contributed by atoms with E-state index in [0.717, 1.165) is 23.9 Å². The first kappa shape index (κ1) is 15.6. The van der Waals surface area contributed by atoms with Crippen LogP contribution in [0.4, 0.5) is 0 Å². The summed E-state index contributed by atoms with van der Waals surface area (Å²) in [5.41, 5.74) is 1.79. The third-order valence-corrected chi connectivity index (χ3v) is 2.43. The molecule has 0 aliphatic carbocycles. The van der Waals surface area contributed by atoms with Gasteiger partial charge in [-0.05, 0) is 29.8 Å². The average Bonchev–Trinajstić information content (AvgIpc) is 2.54. The predicted octanol–water partition coefficient (Wildman–Crippen LogP) is 3.67. The molecule has 0 aromatic heterocycles. The molecule has 0 unspecified atom stereocenters. The summed E-state index contributed by atoms with van der Waals surface area (Å²) in [6.45, 7) is 2.36. The average molecular weight is 270 g/mol. The quantitative estimate of drug-likeness (QED) is 0.778. The summed E-state index contributed by atoms with van der Waals surface area (Å²) < 4.78 is 5.58. The van der Waals surface area contributed by atoms with E-state index in [0.29, 0.717) is 18.6 Å². The Hall–Kier alpha value is -2.42. The second-order valence-corrected chi connectivity index (χ2v) is 4.04. The molecule has 2 rings (SSSR count). The number of rotatable bonds is 5. The maximum Gasteiger partial charge on any atom is 0.150 e. The lowest BCUT2D eigenvalue weighted by Crippen LogP contribution is -1.94. The normalized spacial score (nSPS) is 9.05. The van der Waals surface area contributed by atoms with E-state index in [2.05, 4.69) is 0 Å². The van der Waals surface area contributed by atoms with Crippen LogP contribution in [-0.4, -0.2) is 12.6 Å². The molecule has 0 saturated carbocycles. The van der Waals surface area contributed by atoms with Gasteiger partial charge in [-0.25, -0.2) is 0 Å². The highest BCUT2D eigenvalue weighted by Gasteiger charge is 1.95. The lowest BCUT2D eigenvalue weighted by molar-refractivity contribution is -0.107. The van der Waals surface area contributed by atoms with Gasteiger partial charge in [-0.2, -0.15) is 0 Å². The maximum absolute atomic E-state index is 10.5. The third kappa shape index (κ3) is 5.96. The molecule has 20 heavy (non-hydrogen) atoms. The zero-order chi connectivity index (χ0) is 14.6. The molecule has 0 spiro atoms. The first-order valence-electron chi connectivity index (χ1n) is 6.45. The van der Waals surface area contributed by atoms with Crippen LogP contribution in [0.2, 0.25) is 0 Å². The summed E-state index contributed by atoms with van der Waals surface area (Å²) in [6.07, 6.45) is 2.33. The molecule has 2 aromatic carbocycles. The summed E-state index contributed by atoms with van der Waals surface area (Å²) in [5, 5.41) is 0. The minimum absolute atomic E-state index is 0.543. The number of carbonyl (C=O) groups excluding carboxylic acids is 2. The summed E-state index contributed by atoms with van der Waals surface area (Å²) in [7, 11) is 0. The Labute approximate surface area is 119 Å². The molecule has 3 nitrogen and oxygen atoms in total. The van der Waals surface area contributed by atoms with Crippen molar-refractivity contribution in [3.05, 3.63) is 65.7 Å². The van der Waals surface area contributed by atoms with Gasteiger partial charge in [0.05, 0.1) is 0 Å². The van der Waals surface area contributed by atoms with Crippen LogP contribution in [0.5, 0.6) is 5.75 Å². The Morgan fingerprint density at radius 1 is 0.950 bits per heavy atom. The fourth-order valence-corrected chi connectivity index (χ4v) is 1.38. The van der Waals surface area contributed by atoms with Crippen LogP contribution in [-0.2, 0) is 11.4 Å². The van der Waals surface area contributed by atoms with Crippen molar-refractivity contribution in [1.82, 2.24) is 0 Å². The number of aldehydes is 2. The van der Waals surface area contributed by atoms with Gasteiger partial charge in [0.25, 0.3) is 0 Å². The summed E-state index contributed by atoms with van der Waals surface area (Å²) >= 11 is 0. The number of benzene rings is 2. The molecule has 2 aromatic rings. The highest BCUT2D eigenvalue weighted by molar-refractivity contribution is 5.74. The third-order valence-electron chi connectivity index (χ3n) is 2.43. The lowest BCUT2D eigenvalue weighted by Gasteiger charge is -2.05. The standard InChI is InChI=1S/C14H12O2.C3H6O/c15-10-12-6-8-14(9-7-12)16-11-13-4-2-1-3-5-13;1-2-3-4/h1-10H,11H2;3H,2H2,1H3. The Morgan fingerprint density at radius 3 is 2.05 bits per heavy atom. The van der Waals surface area contributed by atoms with E-state index in [1.54, 1.807) is 24.3 Å². The van der Waals surface area contributed by atoms with Crippen molar-refractivity contribution in [3.63, 3.8) is 0 Å². The minimum atomic E-state index is 0.543. The van der Waals surface area contributed by atoms with Gasteiger partial charge in [0.1, 0.15) is 24.9 Å². The molecular weight excluding hydrogens is 252 g/mol. The van der Waals surface area contributed by atoms with Gasteiger partial charge in [0.2, 0.25) is 0 Å². The van der Waals surface area contributed by atoms with Crippen LogP contribution in [0.1, 0.15) is 29.3 Å². The Balaban J connectivity index is 0.000000444. The summed E-state index contributed by atoms with van der Waals surface area (Å²) in [6, 6.07) is 17.0. The predicted molar refractivity (Wildman–Crippen MR) is 79.0 cm³/mol. The molecular formula is C17H18O3. The van der Waals surface area contributed by atoms with Gasteiger partial charge in [-0.3, -0.25) is 4.79 Å². The van der Waals surface area contributed by atoms with Crippen molar-refractivity contribution in [2.45, 2.75) is 20.0 Å². The van der Waals surface area contributed by atoms with E-state index in [1.807, 2.05) is 37.3 Å². The molecule has 104 valence electrons. The van der Waals surface area contributed by atoms with Crippen molar-refractivity contribution in [2.24, 2.45) is 0 Å². The zero-order valence-electron chi connectivity index (χ0n) is 11.5. The number of carbonyl (C=O) groups is 2. The van der Waals surface area contributed by atoms with Crippen molar-refractivity contribution >= 4 is 12.6 Å². The first-order valence-corrected chi connectivity index (χ1v) is 6.45. The molecule has 0 atom stereocenters. The second kappa shape index (κ2) is 9.50. The van der Waals surface area contributed by atoms with Gasteiger partial charge in [-0.1, -0.05) is 37.3 Å². The number of hydrogen-bond acceptors (Lipinski definition) is 3. The number of ether oxygens (including phenoxy) is 1. The van der Waals surface area contributed by atoms with E-state index >= 15 is 0 Å². The monoisotopic (exact) mass is 270 g/mol. The van der Waals surface area contributed by atoms with Crippen molar-refractivity contribution in [1.29, 1.82) is 0 Å². The van der Waals surface area contributed by atoms with Crippen LogP contribution in [0.25, 0.3) is 0 Å². The van der Waals surface area contributed by atoms with Gasteiger partial charge < -0.3 is 9.53 Å². The fraction of sp³-hybridized carbons (Fsp3) is 0.176. The molecule has 0 amide bonds. The molecule has 0 heterocycles. The minimum Gasteiger partial charge on any atom is -0.489 e. The molecule has 0 fully saturated rings. The zero-order valence-corrected chi connectivity index (χ0v) is 11.5. The van der Waals surface area contributed by atoms with E-state index in [-0.39, 0.29) is 0 Å². The first-order chi connectivity index (χ1) is 9.80. The Kier molecular flexibility index (Phi) is 7.43. The highest BCUT2D eigenvalue weighted by Crippen LogP contribution is 2.13. The molecule has 0 aliphatic rings. The van der Waals surface area contributed by atoms with Crippen LogP contribution < -0.4 is 4.74 Å². The summed E-state index contributed by atoms with van der Waals surface area (Å²) in [5.74, 6) is 0.773. The van der Waals surface area contributed by atoms with Gasteiger partial charge >= 0.3 is 0 Å². The van der Waals surface area contributed by atoms with Crippen molar-refractivity contribution in [3.8, 4) is 5.75 Å². The molecule has 3 heteroatoms. The van der Waals surface area contributed by atoms with E-state index < -0.39 is 0 Å².